The van der Waals surface area contributed by atoms with E-state index in [2.05, 4.69) is 5.32 Å². The van der Waals surface area contributed by atoms with Crippen LogP contribution in [0.3, 0.4) is 0 Å². The highest BCUT2D eigenvalue weighted by Gasteiger charge is 2.48. The first-order chi connectivity index (χ1) is 11.9. The van der Waals surface area contributed by atoms with Gasteiger partial charge in [-0.3, -0.25) is 9.69 Å². The summed E-state index contributed by atoms with van der Waals surface area (Å²) in [6.45, 7) is 6.18. The highest BCUT2D eigenvalue weighted by Crippen LogP contribution is 2.28. The van der Waals surface area contributed by atoms with Crippen LogP contribution in [0.5, 0.6) is 5.75 Å². The lowest BCUT2D eigenvalue weighted by atomic mass is 9.91. The summed E-state index contributed by atoms with van der Waals surface area (Å²) in [5.41, 5.74) is 2.00. The zero-order chi connectivity index (χ0) is 18.0. The van der Waals surface area contributed by atoms with Crippen molar-refractivity contribution in [1.82, 2.24) is 10.2 Å². The van der Waals surface area contributed by atoms with Gasteiger partial charge in [0, 0.05) is 0 Å². The summed E-state index contributed by atoms with van der Waals surface area (Å²) in [5, 5.41) is 2.80. The summed E-state index contributed by atoms with van der Waals surface area (Å²) in [6, 6.07) is 14.9. The van der Waals surface area contributed by atoms with Crippen LogP contribution in [-0.4, -0.2) is 30.0 Å². The lowest BCUT2D eigenvalue weighted by Gasteiger charge is -2.22. The zero-order valence-electron chi connectivity index (χ0n) is 14.7. The molecule has 130 valence electrons. The summed E-state index contributed by atoms with van der Waals surface area (Å²) in [6.07, 6.45) is 0. The van der Waals surface area contributed by atoms with Crippen molar-refractivity contribution < 1.29 is 14.3 Å². The van der Waals surface area contributed by atoms with Crippen LogP contribution >= 0.6 is 0 Å². The van der Waals surface area contributed by atoms with Crippen LogP contribution in [-0.2, 0) is 10.3 Å². The Hall–Kier alpha value is -2.82. The fourth-order valence-corrected chi connectivity index (χ4v) is 2.87. The average Bonchev–Trinajstić information content (AvgIpc) is 2.81. The monoisotopic (exact) mass is 338 g/mol. The number of hydrogen-bond acceptors (Lipinski definition) is 3. The summed E-state index contributed by atoms with van der Waals surface area (Å²) in [5.74, 6) is 0.466. The van der Waals surface area contributed by atoms with Gasteiger partial charge >= 0.3 is 6.03 Å². The molecule has 2 aromatic carbocycles. The molecule has 3 amide bonds. The number of carbonyl (C=O) groups excluding carboxylic acids is 2. The van der Waals surface area contributed by atoms with E-state index in [4.69, 9.17) is 4.74 Å². The van der Waals surface area contributed by atoms with Crippen molar-refractivity contribution in [3.05, 3.63) is 65.2 Å². The Morgan fingerprint density at radius 1 is 0.960 bits per heavy atom. The van der Waals surface area contributed by atoms with Crippen LogP contribution in [0.15, 0.2) is 48.5 Å². The summed E-state index contributed by atoms with van der Waals surface area (Å²) in [4.78, 5) is 26.3. The lowest BCUT2D eigenvalue weighted by Crippen LogP contribution is -2.41. The summed E-state index contributed by atoms with van der Waals surface area (Å²) < 4.78 is 5.64. The molecule has 1 unspecified atom stereocenters. The molecule has 3 rings (SSSR count). The standard InChI is InChI=1S/C20H22N2O3/c1-14-4-8-16(9-5-14)20(3)18(23)22(19(24)21-20)12-13-25-17-10-6-15(2)7-11-17/h4-11H,12-13H2,1-3H3,(H,21,24). The third-order valence-electron chi connectivity index (χ3n) is 4.51. The number of nitrogens with one attached hydrogen (secondary N) is 1. The van der Waals surface area contributed by atoms with Gasteiger partial charge in [0.15, 0.2) is 0 Å². The molecule has 0 bridgehead atoms. The highest BCUT2D eigenvalue weighted by atomic mass is 16.5. The van der Waals surface area contributed by atoms with Gasteiger partial charge in [0.05, 0.1) is 6.54 Å². The number of amides is 3. The van der Waals surface area contributed by atoms with Crippen LogP contribution in [0.25, 0.3) is 0 Å². The van der Waals surface area contributed by atoms with Crippen molar-refractivity contribution >= 4 is 11.9 Å². The molecule has 1 heterocycles. The molecule has 2 aromatic rings. The molecule has 0 saturated carbocycles. The molecule has 0 radical (unpaired) electrons. The minimum Gasteiger partial charge on any atom is -0.492 e. The Labute approximate surface area is 147 Å². The topological polar surface area (TPSA) is 58.6 Å². The van der Waals surface area contributed by atoms with E-state index in [-0.39, 0.29) is 25.1 Å². The molecule has 1 N–H and O–H groups in total. The predicted octanol–water partition coefficient (Wildman–Crippen LogP) is 3.15. The molecule has 5 nitrogen and oxygen atoms in total. The third-order valence-corrected chi connectivity index (χ3v) is 4.51. The van der Waals surface area contributed by atoms with Crippen LogP contribution in [0.4, 0.5) is 4.79 Å². The minimum absolute atomic E-state index is 0.208. The van der Waals surface area contributed by atoms with Crippen molar-refractivity contribution in [2.45, 2.75) is 26.3 Å². The van der Waals surface area contributed by atoms with Crippen LogP contribution in [0, 0.1) is 13.8 Å². The number of aryl methyl sites for hydroxylation is 2. The van der Waals surface area contributed by atoms with Gasteiger partial charge in [0.2, 0.25) is 0 Å². The predicted molar refractivity (Wildman–Crippen MR) is 95.4 cm³/mol. The number of benzene rings is 2. The second-order valence-electron chi connectivity index (χ2n) is 6.54. The van der Waals surface area contributed by atoms with Crippen molar-refractivity contribution in [3.8, 4) is 5.75 Å². The summed E-state index contributed by atoms with van der Waals surface area (Å²) in [7, 11) is 0. The average molecular weight is 338 g/mol. The van der Waals surface area contributed by atoms with Gasteiger partial charge in [-0.05, 0) is 38.5 Å². The molecule has 1 aliphatic heterocycles. The number of ether oxygens (including phenoxy) is 1. The first kappa shape index (κ1) is 17.0. The molecular weight excluding hydrogens is 316 g/mol. The van der Waals surface area contributed by atoms with E-state index in [1.54, 1.807) is 6.92 Å². The van der Waals surface area contributed by atoms with Gasteiger partial charge in [0.25, 0.3) is 5.91 Å². The highest BCUT2D eigenvalue weighted by molar-refractivity contribution is 6.07. The Morgan fingerprint density at radius 2 is 1.52 bits per heavy atom. The second-order valence-corrected chi connectivity index (χ2v) is 6.54. The maximum absolute atomic E-state index is 12.8. The van der Waals surface area contributed by atoms with Crippen LogP contribution in [0.2, 0.25) is 0 Å². The van der Waals surface area contributed by atoms with Crippen molar-refractivity contribution in [2.24, 2.45) is 0 Å². The van der Waals surface area contributed by atoms with Gasteiger partial charge in [-0.2, -0.15) is 0 Å². The Kier molecular flexibility index (Phi) is 4.49. The minimum atomic E-state index is -1.03. The molecule has 0 spiro atoms. The first-order valence-electron chi connectivity index (χ1n) is 8.31. The number of nitrogens with zero attached hydrogens (tertiary/aromatic N) is 1. The fraction of sp³-hybridized carbons (Fsp3) is 0.300. The van der Waals surface area contributed by atoms with Gasteiger partial charge < -0.3 is 10.1 Å². The van der Waals surface area contributed by atoms with E-state index in [9.17, 15) is 9.59 Å². The number of rotatable bonds is 5. The third kappa shape index (κ3) is 3.36. The van der Waals surface area contributed by atoms with Crippen LogP contribution < -0.4 is 10.1 Å². The van der Waals surface area contributed by atoms with Crippen LogP contribution in [0.1, 0.15) is 23.6 Å². The molecule has 1 fully saturated rings. The maximum atomic E-state index is 12.8. The number of imide groups is 1. The Morgan fingerprint density at radius 3 is 2.12 bits per heavy atom. The van der Waals surface area contributed by atoms with Gasteiger partial charge in [0.1, 0.15) is 17.9 Å². The first-order valence-corrected chi connectivity index (χ1v) is 8.31. The van der Waals surface area contributed by atoms with Gasteiger partial charge in [-0.1, -0.05) is 47.5 Å². The van der Waals surface area contributed by atoms with E-state index in [0.29, 0.717) is 0 Å². The quantitative estimate of drug-likeness (QED) is 0.852. The number of hydrogen-bond donors (Lipinski definition) is 1. The Bertz CT molecular complexity index is 784. The molecule has 0 aliphatic carbocycles. The molecule has 1 aliphatic rings. The molecule has 0 aromatic heterocycles. The van der Waals surface area contributed by atoms with E-state index in [1.165, 1.54) is 4.90 Å². The fourth-order valence-electron chi connectivity index (χ4n) is 2.87. The second kappa shape index (κ2) is 6.59. The molecule has 25 heavy (non-hydrogen) atoms. The lowest BCUT2D eigenvalue weighted by molar-refractivity contribution is -0.131. The largest absolute Gasteiger partial charge is 0.492 e. The van der Waals surface area contributed by atoms with E-state index >= 15 is 0 Å². The summed E-state index contributed by atoms with van der Waals surface area (Å²) >= 11 is 0. The molecular formula is C20H22N2O3. The number of urea groups is 1. The molecule has 1 saturated heterocycles. The van der Waals surface area contributed by atoms with Gasteiger partial charge in [-0.25, -0.2) is 4.79 Å². The molecule has 5 heteroatoms. The SMILES string of the molecule is Cc1ccc(OCCN2C(=O)NC(C)(c3ccc(C)cc3)C2=O)cc1. The Balaban J connectivity index is 1.66. The normalized spacial score (nSPS) is 19.9. The number of carbonyl (C=O) groups is 2. The van der Waals surface area contributed by atoms with E-state index < -0.39 is 5.54 Å². The van der Waals surface area contributed by atoms with Crippen molar-refractivity contribution in [2.75, 3.05) is 13.2 Å². The molecule has 1 atom stereocenters. The zero-order valence-corrected chi connectivity index (χ0v) is 14.7. The van der Waals surface area contributed by atoms with Crippen molar-refractivity contribution in [1.29, 1.82) is 0 Å². The van der Waals surface area contributed by atoms with Crippen molar-refractivity contribution in [3.63, 3.8) is 0 Å². The van der Waals surface area contributed by atoms with E-state index in [0.717, 1.165) is 22.4 Å². The van der Waals surface area contributed by atoms with Gasteiger partial charge in [-0.15, -0.1) is 0 Å². The van der Waals surface area contributed by atoms with E-state index in [1.807, 2.05) is 62.4 Å². The maximum Gasteiger partial charge on any atom is 0.325 e. The smallest absolute Gasteiger partial charge is 0.325 e.